The highest BCUT2D eigenvalue weighted by Crippen LogP contribution is 2.28. The highest BCUT2D eigenvalue weighted by atomic mass is 35.5. The second-order valence-corrected chi connectivity index (χ2v) is 7.04. The molecule has 0 aliphatic carbocycles. The number of rotatable bonds is 7. The molecule has 1 heterocycles. The Labute approximate surface area is 161 Å². The van der Waals surface area contributed by atoms with Crippen LogP contribution < -0.4 is 15.4 Å². The van der Waals surface area contributed by atoms with E-state index in [2.05, 4.69) is 10.6 Å². The van der Waals surface area contributed by atoms with Crippen molar-refractivity contribution >= 4 is 34.5 Å². The van der Waals surface area contributed by atoms with Crippen molar-refractivity contribution < 1.29 is 9.53 Å². The van der Waals surface area contributed by atoms with Gasteiger partial charge >= 0.3 is 0 Å². The van der Waals surface area contributed by atoms with Gasteiger partial charge in [-0.15, -0.1) is 11.3 Å². The predicted molar refractivity (Wildman–Crippen MR) is 107 cm³/mol. The molecule has 0 radical (unpaired) electrons. The molecular formula is C20H19ClN2O2S. The highest BCUT2D eigenvalue weighted by molar-refractivity contribution is 7.10. The van der Waals surface area contributed by atoms with Gasteiger partial charge in [-0.2, -0.15) is 0 Å². The van der Waals surface area contributed by atoms with Gasteiger partial charge in [-0.1, -0.05) is 48.0 Å². The van der Waals surface area contributed by atoms with Gasteiger partial charge in [-0.05, 0) is 35.2 Å². The maximum absolute atomic E-state index is 12.5. The smallest absolute Gasteiger partial charge is 0.240 e. The zero-order chi connectivity index (χ0) is 18.4. The number of nitrogens with one attached hydrogen (secondary N) is 2. The second-order valence-electron chi connectivity index (χ2n) is 5.62. The number of methoxy groups -OCH3 is 1. The Kier molecular flexibility index (Phi) is 6.15. The van der Waals surface area contributed by atoms with E-state index in [4.69, 9.17) is 16.3 Å². The average Bonchev–Trinajstić information content (AvgIpc) is 3.19. The summed E-state index contributed by atoms with van der Waals surface area (Å²) in [6.07, 6.45) is 0. The summed E-state index contributed by atoms with van der Waals surface area (Å²) < 4.78 is 5.29. The fraction of sp³-hybridized carbons (Fsp3) is 0.150. The van der Waals surface area contributed by atoms with Crippen molar-refractivity contribution in [3.8, 4) is 5.75 Å². The molecular weight excluding hydrogens is 368 g/mol. The molecule has 2 N–H and O–H groups in total. The molecule has 6 heteroatoms. The van der Waals surface area contributed by atoms with E-state index in [1.807, 2.05) is 47.8 Å². The van der Waals surface area contributed by atoms with Crippen LogP contribution in [0.1, 0.15) is 16.5 Å². The number of amides is 1. The van der Waals surface area contributed by atoms with Crippen molar-refractivity contribution in [1.29, 1.82) is 0 Å². The number of hydrogen-bond acceptors (Lipinski definition) is 4. The van der Waals surface area contributed by atoms with Gasteiger partial charge in [0.05, 0.1) is 25.4 Å². The van der Waals surface area contributed by atoms with Crippen LogP contribution in [0, 0.1) is 0 Å². The minimum Gasteiger partial charge on any atom is -0.495 e. The van der Waals surface area contributed by atoms with Crippen molar-refractivity contribution in [2.24, 2.45) is 0 Å². The number of carbonyl (C=O) groups excluding carboxylic acids is 1. The quantitative estimate of drug-likeness (QED) is 0.617. The Bertz CT molecular complexity index is 854. The van der Waals surface area contributed by atoms with Crippen molar-refractivity contribution in [2.75, 3.05) is 19.0 Å². The predicted octanol–water partition coefficient (Wildman–Crippen LogP) is 4.73. The second kappa shape index (κ2) is 8.74. The summed E-state index contributed by atoms with van der Waals surface area (Å²) in [5.74, 6) is 0.523. The lowest BCUT2D eigenvalue weighted by Gasteiger charge is -2.19. The third kappa shape index (κ3) is 4.56. The van der Waals surface area contributed by atoms with E-state index < -0.39 is 0 Å². The van der Waals surface area contributed by atoms with Crippen molar-refractivity contribution in [1.82, 2.24) is 5.32 Å². The van der Waals surface area contributed by atoms with Crippen LogP contribution in [0.4, 0.5) is 5.69 Å². The first-order chi connectivity index (χ1) is 12.7. The number of thiophene rings is 1. The number of anilines is 1. The van der Waals surface area contributed by atoms with Gasteiger partial charge in [0.2, 0.25) is 5.91 Å². The molecule has 1 atom stereocenters. The van der Waals surface area contributed by atoms with Crippen molar-refractivity contribution in [3.63, 3.8) is 0 Å². The highest BCUT2D eigenvalue weighted by Gasteiger charge is 2.17. The van der Waals surface area contributed by atoms with E-state index in [-0.39, 0.29) is 18.5 Å². The van der Waals surface area contributed by atoms with Crippen LogP contribution in [0.15, 0.2) is 66.0 Å². The van der Waals surface area contributed by atoms with Crippen LogP contribution in [-0.2, 0) is 4.79 Å². The number of ether oxygens (including phenoxy) is 1. The first kappa shape index (κ1) is 18.3. The topological polar surface area (TPSA) is 50.4 Å². The van der Waals surface area contributed by atoms with Gasteiger partial charge in [0.25, 0.3) is 0 Å². The number of halogens is 1. The van der Waals surface area contributed by atoms with Crippen LogP contribution >= 0.6 is 22.9 Å². The number of benzene rings is 2. The Morgan fingerprint density at radius 2 is 1.96 bits per heavy atom. The molecule has 4 nitrogen and oxygen atoms in total. The molecule has 1 aromatic heterocycles. The first-order valence-electron chi connectivity index (χ1n) is 8.12. The molecule has 0 bridgehead atoms. The van der Waals surface area contributed by atoms with Crippen LogP contribution in [-0.4, -0.2) is 19.6 Å². The van der Waals surface area contributed by atoms with E-state index in [0.717, 1.165) is 10.4 Å². The Balaban J connectivity index is 1.70. The molecule has 3 aromatic rings. The van der Waals surface area contributed by atoms with Gasteiger partial charge in [-0.3, -0.25) is 4.79 Å². The zero-order valence-electron chi connectivity index (χ0n) is 14.2. The molecule has 0 aliphatic heterocycles. The van der Waals surface area contributed by atoms with E-state index >= 15 is 0 Å². The molecule has 0 saturated heterocycles. The van der Waals surface area contributed by atoms with Crippen molar-refractivity contribution in [3.05, 3.63) is 81.5 Å². The van der Waals surface area contributed by atoms with Gasteiger partial charge < -0.3 is 15.4 Å². The maximum Gasteiger partial charge on any atom is 0.240 e. The van der Waals surface area contributed by atoms with Crippen LogP contribution in [0.2, 0.25) is 5.02 Å². The maximum atomic E-state index is 12.5. The van der Waals surface area contributed by atoms with Gasteiger partial charge in [0.15, 0.2) is 0 Å². The summed E-state index contributed by atoms with van der Waals surface area (Å²) in [6, 6.07) is 19.0. The summed E-state index contributed by atoms with van der Waals surface area (Å²) in [5.41, 5.74) is 1.73. The molecule has 3 rings (SSSR count). The van der Waals surface area contributed by atoms with Crippen LogP contribution in [0.25, 0.3) is 0 Å². The fourth-order valence-electron chi connectivity index (χ4n) is 2.63. The minimum atomic E-state index is -0.174. The largest absolute Gasteiger partial charge is 0.495 e. The lowest BCUT2D eigenvalue weighted by Crippen LogP contribution is -2.33. The van der Waals surface area contributed by atoms with Gasteiger partial charge in [-0.25, -0.2) is 0 Å². The Morgan fingerprint density at radius 1 is 1.15 bits per heavy atom. The number of carbonyl (C=O) groups is 1. The standard InChI is InChI=1S/C20H19ClN2O2S/c1-25-17-10-9-15(21)12-16(17)22-13-19(24)23-20(18-8-5-11-26-18)14-6-3-2-4-7-14/h2-12,20,22H,13H2,1H3,(H,23,24)/t20-/m1/s1. The summed E-state index contributed by atoms with van der Waals surface area (Å²) >= 11 is 7.64. The molecule has 0 fully saturated rings. The van der Waals surface area contributed by atoms with E-state index in [1.54, 1.807) is 36.6 Å². The van der Waals surface area contributed by atoms with Crippen LogP contribution in [0.3, 0.4) is 0 Å². The molecule has 134 valence electrons. The molecule has 2 aromatic carbocycles. The molecule has 0 spiro atoms. The SMILES string of the molecule is COc1ccc(Cl)cc1NCC(=O)N[C@H](c1ccccc1)c1cccs1. The summed E-state index contributed by atoms with van der Waals surface area (Å²) in [5, 5.41) is 8.77. The Hall–Kier alpha value is -2.50. The van der Waals surface area contributed by atoms with Crippen molar-refractivity contribution in [2.45, 2.75) is 6.04 Å². The normalized spacial score (nSPS) is 11.6. The molecule has 1 amide bonds. The zero-order valence-corrected chi connectivity index (χ0v) is 15.8. The van der Waals surface area contributed by atoms with E-state index in [1.165, 1.54) is 0 Å². The van der Waals surface area contributed by atoms with Crippen LogP contribution in [0.5, 0.6) is 5.75 Å². The summed E-state index contributed by atoms with van der Waals surface area (Å²) in [7, 11) is 1.58. The minimum absolute atomic E-state index is 0.116. The van der Waals surface area contributed by atoms with Gasteiger partial charge in [0, 0.05) is 9.90 Å². The fourth-order valence-corrected chi connectivity index (χ4v) is 3.60. The summed E-state index contributed by atoms with van der Waals surface area (Å²) in [4.78, 5) is 13.6. The number of hydrogen-bond donors (Lipinski definition) is 2. The molecule has 0 unspecified atom stereocenters. The third-order valence-corrected chi connectivity index (χ3v) is 5.04. The summed E-state index contributed by atoms with van der Waals surface area (Å²) in [6.45, 7) is 0.116. The Morgan fingerprint density at radius 3 is 2.65 bits per heavy atom. The van der Waals surface area contributed by atoms with E-state index in [0.29, 0.717) is 16.5 Å². The molecule has 0 saturated carbocycles. The lowest BCUT2D eigenvalue weighted by atomic mass is 10.1. The third-order valence-electron chi connectivity index (χ3n) is 3.87. The average molecular weight is 387 g/mol. The van der Waals surface area contributed by atoms with E-state index in [9.17, 15) is 4.79 Å². The molecule has 0 aliphatic rings. The molecule has 26 heavy (non-hydrogen) atoms. The van der Waals surface area contributed by atoms with Gasteiger partial charge in [0.1, 0.15) is 5.75 Å². The first-order valence-corrected chi connectivity index (χ1v) is 9.38. The lowest BCUT2D eigenvalue weighted by molar-refractivity contribution is -0.119. The monoisotopic (exact) mass is 386 g/mol.